The second kappa shape index (κ2) is 11.6. The molecule has 0 radical (unpaired) electrons. The van der Waals surface area contributed by atoms with Crippen molar-refractivity contribution in [2.45, 2.75) is 53.6 Å². The number of amides is 2. The van der Waals surface area contributed by atoms with E-state index < -0.39 is 13.3 Å². The maximum Gasteiger partial charge on any atom is 0.343 e. The highest BCUT2D eigenvalue weighted by Crippen LogP contribution is 2.55. The summed E-state index contributed by atoms with van der Waals surface area (Å²) in [5, 5.41) is 0. The molecule has 0 aromatic rings. The zero-order chi connectivity index (χ0) is 18.8. The van der Waals surface area contributed by atoms with E-state index >= 15 is 0 Å². The normalized spacial score (nSPS) is 12.8. The number of carbonyl (C=O) groups excluding carboxylic acids is 2. The molecule has 0 saturated carbocycles. The monoisotopic (exact) mass is 364 g/mol. The lowest BCUT2D eigenvalue weighted by Gasteiger charge is -2.31. The van der Waals surface area contributed by atoms with Crippen molar-refractivity contribution in [1.82, 2.24) is 9.80 Å². The van der Waals surface area contributed by atoms with Crippen LogP contribution in [-0.4, -0.2) is 66.7 Å². The Morgan fingerprint density at radius 1 is 0.833 bits per heavy atom. The Morgan fingerprint density at radius 2 is 1.25 bits per heavy atom. The molecule has 0 fully saturated rings. The lowest BCUT2D eigenvalue weighted by molar-refractivity contribution is -0.136. The van der Waals surface area contributed by atoms with Crippen molar-refractivity contribution in [1.29, 1.82) is 0 Å². The van der Waals surface area contributed by atoms with E-state index in [1.54, 1.807) is 23.6 Å². The molecule has 0 aliphatic rings. The minimum Gasteiger partial charge on any atom is -0.343 e. The summed E-state index contributed by atoms with van der Waals surface area (Å²) in [5.41, 5.74) is -1.11. The Hall–Kier alpha value is -0.910. The first kappa shape index (κ1) is 23.1. The highest BCUT2D eigenvalue weighted by Gasteiger charge is 2.44. The van der Waals surface area contributed by atoms with E-state index in [9.17, 15) is 14.2 Å². The number of carbonyl (C=O) groups is 2. The molecule has 2 amide bonds. The van der Waals surface area contributed by atoms with Crippen LogP contribution in [0.5, 0.6) is 0 Å². The van der Waals surface area contributed by atoms with Gasteiger partial charge in [0, 0.05) is 32.6 Å². The molecule has 0 aromatic carbocycles. The molecule has 7 nitrogen and oxygen atoms in total. The van der Waals surface area contributed by atoms with Crippen LogP contribution >= 0.6 is 7.60 Å². The minimum absolute atomic E-state index is 0.152. The highest BCUT2D eigenvalue weighted by atomic mass is 31.2. The maximum absolute atomic E-state index is 13.2. The molecular weight excluding hydrogens is 331 g/mol. The third-order valence-corrected chi connectivity index (χ3v) is 6.25. The zero-order valence-corrected chi connectivity index (χ0v) is 16.8. The molecule has 24 heavy (non-hydrogen) atoms. The predicted molar refractivity (Wildman–Crippen MR) is 95.1 cm³/mol. The second-order valence-corrected chi connectivity index (χ2v) is 7.39. The number of rotatable bonds is 12. The highest BCUT2D eigenvalue weighted by molar-refractivity contribution is 7.55. The average Bonchev–Trinajstić information content (AvgIpc) is 2.55. The van der Waals surface area contributed by atoms with Crippen LogP contribution in [0, 0.1) is 0 Å². The van der Waals surface area contributed by atoms with Gasteiger partial charge in [-0.1, -0.05) is 0 Å². The first-order valence-electron chi connectivity index (χ1n) is 8.80. The molecule has 1 unspecified atom stereocenters. The summed E-state index contributed by atoms with van der Waals surface area (Å²) in [4.78, 5) is 28.5. The van der Waals surface area contributed by atoms with Crippen LogP contribution in [0.25, 0.3) is 0 Å². The van der Waals surface area contributed by atoms with E-state index in [4.69, 9.17) is 9.05 Å². The first-order chi connectivity index (χ1) is 11.3. The van der Waals surface area contributed by atoms with Crippen molar-refractivity contribution in [2.24, 2.45) is 0 Å². The summed E-state index contributed by atoms with van der Waals surface area (Å²) in [5.74, 6) is -0.573. The van der Waals surface area contributed by atoms with Crippen LogP contribution in [0.4, 0.5) is 0 Å². The van der Waals surface area contributed by atoms with Crippen molar-refractivity contribution in [3.8, 4) is 0 Å². The summed E-state index contributed by atoms with van der Waals surface area (Å²) in [7, 11) is -3.72. The summed E-state index contributed by atoms with van der Waals surface area (Å²) < 4.78 is 23.9. The predicted octanol–water partition coefficient (Wildman–Crippen LogP) is 2.75. The molecule has 0 spiro atoms. The Morgan fingerprint density at radius 3 is 1.58 bits per heavy atom. The van der Waals surface area contributed by atoms with Gasteiger partial charge in [0.25, 0.3) is 0 Å². The lowest BCUT2D eigenvalue weighted by atomic mass is 10.2. The molecule has 0 rings (SSSR count). The van der Waals surface area contributed by atoms with Crippen molar-refractivity contribution >= 4 is 19.4 Å². The molecule has 142 valence electrons. The molecule has 1 atom stereocenters. The summed E-state index contributed by atoms with van der Waals surface area (Å²) in [6.45, 7) is 13.1. The van der Waals surface area contributed by atoms with Crippen molar-refractivity contribution in [3.05, 3.63) is 0 Å². The van der Waals surface area contributed by atoms with Gasteiger partial charge >= 0.3 is 7.60 Å². The summed E-state index contributed by atoms with van der Waals surface area (Å²) in [6.07, 6.45) is -0.172. The van der Waals surface area contributed by atoms with Gasteiger partial charge in [-0.05, 0) is 41.5 Å². The fourth-order valence-electron chi connectivity index (χ4n) is 2.53. The van der Waals surface area contributed by atoms with Gasteiger partial charge in [-0.25, -0.2) is 0 Å². The van der Waals surface area contributed by atoms with Gasteiger partial charge in [0.2, 0.25) is 11.8 Å². The topological polar surface area (TPSA) is 76.1 Å². The Kier molecular flexibility index (Phi) is 11.2. The van der Waals surface area contributed by atoms with Crippen molar-refractivity contribution in [3.63, 3.8) is 0 Å². The molecule has 0 aliphatic carbocycles. The number of nitrogens with zero attached hydrogens (tertiary/aromatic N) is 2. The summed E-state index contributed by atoms with van der Waals surface area (Å²) >= 11 is 0. The van der Waals surface area contributed by atoms with Gasteiger partial charge in [-0.3, -0.25) is 14.2 Å². The van der Waals surface area contributed by atoms with Gasteiger partial charge in [-0.15, -0.1) is 0 Å². The first-order valence-corrected chi connectivity index (χ1v) is 10.4. The van der Waals surface area contributed by atoms with Gasteiger partial charge in [0.1, 0.15) is 5.66 Å². The lowest BCUT2D eigenvalue weighted by Crippen LogP contribution is -2.43. The van der Waals surface area contributed by atoms with E-state index in [0.717, 1.165) is 0 Å². The molecule has 0 bridgehead atoms. The molecule has 0 aliphatic heterocycles. The van der Waals surface area contributed by atoms with Gasteiger partial charge in [0.15, 0.2) is 0 Å². The van der Waals surface area contributed by atoms with Crippen LogP contribution in [0.15, 0.2) is 0 Å². The summed E-state index contributed by atoms with van der Waals surface area (Å²) in [6, 6.07) is 0. The van der Waals surface area contributed by atoms with Crippen LogP contribution in [0.2, 0.25) is 0 Å². The molecule has 8 heteroatoms. The minimum atomic E-state index is -3.72. The largest absolute Gasteiger partial charge is 0.343 e. The Bertz CT molecular complexity index is 426. The van der Waals surface area contributed by atoms with E-state index in [1.807, 2.05) is 27.7 Å². The fraction of sp³-hybridized carbons (Fsp3) is 0.875. The van der Waals surface area contributed by atoms with Gasteiger partial charge in [0.05, 0.1) is 13.2 Å². The Labute approximate surface area is 146 Å². The Balaban J connectivity index is 5.68. The van der Waals surface area contributed by atoms with Gasteiger partial charge < -0.3 is 18.8 Å². The van der Waals surface area contributed by atoms with Crippen LogP contribution < -0.4 is 0 Å². The van der Waals surface area contributed by atoms with Gasteiger partial charge in [-0.2, -0.15) is 0 Å². The maximum atomic E-state index is 13.2. The number of hydrogen-bond donors (Lipinski definition) is 0. The SMILES string of the molecule is CCOP(=O)(OCC)C(CC(=O)N(CC)CC)C(=O)N(CC)CC. The second-order valence-electron chi connectivity index (χ2n) is 5.17. The fourth-order valence-corrected chi connectivity index (χ4v) is 4.50. The quantitative estimate of drug-likeness (QED) is 0.498. The van der Waals surface area contributed by atoms with Crippen LogP contribution in [0.3, 0.4) is 0 Å². The molecule has 0 N–H and O–H groups in total. The zero-order valence-electron chi connectivity index (χ0n) is 15.9. The van der Waals surface area contributed by atoms with E-state index in [1.165, 1.54) is 0 Å². The third-order valence-electron chi connectivity index (χ3n) is 3.84. The van der Waals surface area contributed by atoms with E-state index in [0.29, 0.717) is 26.2 Å². The van der Waals surface area contributed by atoms with Crippen molar-refractivity contribution in [2.75, 3.05) is 39.4 Å². The molecule has 0 saturated heterocycles. The van der Waals surface area contributed by atoms with Crippen LogP contribution in [0.1, 0.15) is 48.0 Å². The molecule has 0 aromatic heterocycles. The van der Waals surface area contributed by atoms with Crippen LogP contribution in [-0.2, 0) is 23.2 Å². The van der Waals surface area contributed by atoms with Crippen molar-refractivity contribution < 1.29 is 23.2 Å². The third kappa shape index (κ3) is 6.19. The average molecular weight is 364 g/mol. The molecular formula is C16H33N2O5P. The smallest absolute Gasteiger partial charge is 0.343 e. The molecule has 0 heterocycles. The standard InChI is InChI=1S/C16H33N2O5P/c1-7-17(8-2)15(19)13-14(16(20)18(9-3)10-4)24(21,22-11-5)23-12-6/h14H,7-13H2,1-6H3. The van der Waals surface area contributed by atoms with E-state index in [-0.39, 0.29) is 31.4 Å². The number of hydrogen-bond acceptors (Lipinski definition) is 5. The van der Waals surface area contributed by atoms with E-state index in [2.05, 4.69) is 0 Å².